The van der Waals surface area contributed by atoms with Crippen molar-refractivity contribution in [2.24, 2.45) is 5.92 Å². The lowest BCUT2D eigenvalue weighted by atomic mass is 9.80. The van der Waals surface area contributed by atoms with E-state index in [2.05, 4.69) is 31.0 Å². The van der Waals surface area contributed by atoms with E-state index in [0.717, 1.165) is 12.0 Å². The molecule has 0 aromatic carbocycles. The largest absolute Gasteiger partial charge is 0.297 e. The first-order valence-corrected chi connectivity index (χ1v) is 5.19. The molecule has 1 fully saturated rings. The van der Waals surface area contributed by atoms with Crippen LogP contribution in [-0.4, -0.2) is 24.0 Å². The number of fused-ring (bicyclic) bond motifs is 1. The summed E-state index contributed by atoms with van der Waals surface area (Å²) in [6.45, 7) is 2.29. The summed E-state index contributed by atoms with van der Waals surface area (Å²) in [5.74, 6) is 0.861. The second kappa shape index (κ2) is 3.21. The molecule has 1 heteroatoms. The van der Waals surface area contributed by atoms with E-state index >= 15 is 0 Å². The van der Waals surface area contributed by atoms with Crippen LogP contribution in [0.2, 0.25) is 0 Å². The van der Waals surface area contributed by atoms with Gasteiger partial charge in [-0.05, 0) is 32.7 Å². The predicted molar refractivity (Wildman–Crippen MR) is 52.1 cm³/mol. The topological polar surface area (TPSA) is 3.24 Å². The summed E-state index contributed by atoms with van der Waals surface area (Å²) < 4.78 is 0. The molecular formula is C11H19N. The first-order chi connectivity index (χ1) is 5.79. The number of hydrogen-bond donors (Lipinski definition) is 0. The third kappa shape index (κ3) is 1.31. The second-order valence-electron chi connectivity index (χ2n) is 4.31. The quantitative estimate of drug-likeness (QED) is 0.498. The van der Waals surface area contributed by atoms with Gasteiger partial charge in [-0.1, -0.05) is 25.0 Å². The monoisotopic (exact) mass is 165 g/mol. The highest BCUT2D eigenvalue weighted by Crippen LogP contribution is 2.32. The lowest BCUT2D eigenvalue weighted by Crippen LogP contribution is -2.46. The standard InChI is InChI=1S/C11H19N/c1-9-7-8-10-5-3-4-6-11(10)12(9)2/h7-11H,3-6H2,1-2H3/t9-,10+,11+/m0/s1. The van der Waals surface area contributed by atoms with E-state index in [1.807, 2.05) is 0 Å². The minimum atomic E-state index is 0.657. The zero-order valence-electron chi connectivity index (χ0n) is 8.16. The highest BCUT2D eigenvalue weighted by molar-refractivity contribution is 5.06. The Morgan fingerprint density at radius 3 is 2.75 bits per heavy atom. The molecule has 3 atom stereocenters. The molecule has 68 valence electrons. The minimum Gasteiger partial charge on any atom is -0.297 e. The summed E-state index contributed by atoms with van der Waals surface area (Å²) in [4.78, 5) is 2.55. The third-order valence-corrected chi connectivity index (χ3v) is 3.58. The van der Waals surface area contributed by atoms with Gasteiger partial charge in [-0.3, -0.25) is 4.90 Å². The van der Waals surface area contributed by atoms with Crippen LogP contribution in [0, 0.1) is 5.92 Å². The fourth-order valence-corrected chi connectivity index (χ4v) is 2.61. The lowest BCUT2D eigenvalue weighted by molar-refractivity contribution is 0.121. The molecule has 1 saturated carbocycles. The Balaban J connectivity index is 2.13. The molecule has 0 amide bonds. The maximum atomic E-state index is 2.55. The van der Waals surface area contributed by atoms with E-state index in [1.165, 1.54) is 25.7 Å². The Kier molecular flexibility index (Phi) is 2.22. The fraction of sp³-hybridized carbons (Fsp3) is 0.818. The summed E-state index contributed by atoms with van der Waals surface area (Å²) in [5, 5.41) is 0. The van der Waals surface area contributed by atoms with Gasteiger partial charge in [-0.2, -0.15) is 0 Å². The highest BCUT2D eigenvalue weighted by Gasteiger charge is 2.30. The normalized spacial score (nSPS) is 42.7. The molecule has 12 heavy (non-hydrogen) atoms. The fourth-order valence-electron chi connectivity index (χ4n) is 2.61. The molecular weight excluding hydrogens is 146 g/mol. The van der Waals surface area contributed by atoms with Crippen molar-refractivity contribution in [3.8, 4) is 0 Å². The summed E-state index contributed by atoms with van der Waals surface area (Å²) in [5.41, 5.74) is 0. The summed E-state index contributed by atoms with van der Waals surface area (Å²) in [6, 6.07) is 1.50. The molecule has 0 aromatic rings. The Labute approximate surface area is 75.4 Å². The number of rotatable bonds is 0. The number of hydrogen-bond acceptors (Lipinski definition) is 1. The van der Waals surface area contributed by atoms with Crippen molar-refractivity contribution < 1.29 is 0 Å². The maximum Gasteiger partial charge on any atom is 0.0250 e. The van der Waals surface area contributed by atoms with Crippen molar-refractivity contribution in [1.29, 1.82) is 0 Å². The van der Waals surface area contributed by atoms with Crippen molar-refractivity contribution in [1.82, 2.24) is 4.90 Å². The first kappa shape index (κ1) is 8.31. The van der Waals surface area contributed by atoms with Crippen LogP contribution in [0.5, 0.6) is 0 Å². The van der Waals surface area contributed by atoms with Gasteiger partial charge in [0.2, 0.25) is 0 Å². The zero-order chi connectivity index (χ0) is 8.55. The summed E-state index contributed by atoms with van der Waals surface area (Å²) in [6.07, 6.45) is 10.5. The minimum absolute atomic E-state index is 0.657. The molecule has 0 aromatic heterocycles. The zero-order valence-corrected chi connectivity index (χ0v) is 8.16. The number of nitrogens with zero attached hydrogens (tertiary/aromatic N) is 1. The van der Waals surface area contributed by atoms with E-state index in [0.29, 0.717) is 6.04 Å². The summed E-state index contributed by atoms with van der Waals surface area (Å²) in [7, 11) is 2.27. The average molecular weight is 165 g/mol. The molecule has 1 nitrogen and oxygen atoms in total. The third-order valence-electron chi connectivity index (χ3n) is 3.58. The van der Waals surface area contributed by atoms with Gasteiger partial charge in [-0.25, -0.2) is 0 Å². The van der Waals surface area contributed by atoms with Gasteiger partial charge in [0.1, 0.15) is 0 Å². The van der Waals surface area contributed by atoms with Crippen molar-refractivity contribution >= 4 is 0 Å². The van der Waals surface area contributed by atoms with Crippen LogP contribution in [0.25, 0.3) is 0 Å². The smallest absolute Gasteiger partial charge is 0.0250 e. The van der Waals surface area contributed by atoms with Gasteiger partial charge in [0.15, 0.2) is 0 Å². The predicted octanol–water partition coefficient (Wildman–Crippen LogP) is 2.44. The Hall–Kier alpha value is -0.300. The van der Waals surface area contributed by atoms with E-state index < -0.39 is 0 Å². The second-order valence-corrected chi connectivity index (χ2v) is 4.31. The van der Waals surface area contributed by atoms with E-state index in [4.69, 9.17) is 0 Å². The van der Waals surface area contributed by atoms with E-state index in [1.54, 1.807) is 0 Å². The van der Waals surface area contributed by atoms with Crippen LogP contribution in [0.3, 0.4) is 0 Å². The van der Waals surface area contributed by atoms with E-state index in [9.17, 15) is 0 Å². The van der Waals surface area contributed by atoms with Crippen LogP contribution in [0.1, 0.15) is 32.6 Å². The van der Waals surface area contributed by atoms with Gasteiger partial charge in [0, 0.05) is 12.1 Å². The first-order valence-electron chi connectivity index (χ1n) is 5.19. The Morgan fingerprint density at radius 2 is 1.92 bits per heavy atom. The van der Waals surface area contributed by atoms with Gasteiger partial charge in [-0.15, -0.1) is 0 Å². The lowest BCUT2D eigenvalue weighted by Gasteiger charge is -2.42. The van der Waals surface area contributed by atoms with Crippen molar-refractivity contribution in [2.75, 3.05) is 7.05 Å². The van der Waals surface area contributed by atoms with Crippen LogP contribution < -0.4 is 0 Å². The van der Waals surface area contributed by atoms with Gasteiger partial charge in [0.25, 0.3) is 0 Å². The van der Waals surface area contributed by atoms with Crippen LogP contribution in [0.15, 0.2) is 12.2 Å². The molecule has 0 spiro atoms. The SMILES string of the molecule is C[C@H]1C=C[C@H]2CCCC[C@H]2N1C. The molecule has 1 aliphatic heterocycles. The van der Waals surface area contributed by atoms with Crippen LogP contribution >= 0.6 is 0 Å². The molecule has 0 radical (unpaired) electrons. The Bertz CT molecular complexity index is 185. The van der Waals surface area contributed by atoms with E-state index in [-0.39, 0.29) is 0 Å². The molecule has 2 rings (SSSR count). The maximum absolute atomic E-state index is 2.55. The van der Waals surface area contributed by atoms with Crippen LogP contribution in [0.4, 0.5) is 0 Å². The molecule has 0 unspecified atom stereocenters. The van der Waals surface area contributed by atoms with Gasteiger partial charge < -0.3 is 0 Å². The molecule has 0 N–H and O–H groups in total. The molecule has 1 heterocycles. The highest BCUT2D eigenvalue weighted by atomic mass is 15.2. The van der Waals surface area contributed by atoms with Gasteiger partial charge in [0.05, 0.1) is 0 Å². The number of likely N-dealkylation sites (N-methyl/N-ethyl adjacent to an activating group) is 1. The molecule has 2 aliphatic rings. The van der Waals surface area contributed by atoms with Crippen molar-refractivity contribution in [2.45, 2.75) is 44.7 Å². The molecule has 1 aliphatic carbocycles. The molecule has 0 bridgehead atoms. The van der Waals surface area contributed by atoms with Crippen molar-refractivity contribution in [3.63, 3.8) is 0 Å². The van der Waals surface area contributed by atoms with Crippen molar-refractivity contribution in [3.05, 3.63) is 12.2 Å². The average Bonchev–Trinajstić information content (AvgIpc) is 2.12. The summed E-state index contributed by atoms with van der Waals surface area (Å²) >= 11 is 0. The molecule has 0 saturated heterocycles. The van der Waals surface area contributed by atoms with Gasteiger partial charge >= 0.3 is 0 Å². The Morgan fingerprint density at radius 1 is 1.17 bits per heavy atom. The van der Waals surface area contributed by atoms with Crippen LogP contribution in [-0.2, 0) is 0 Å².